The first-order valence-corrected chi connectivity index (χ1v) is 10.2. The van der Waals surface area contributed by atoms with Crippen LogP contribution in [0.1, 0.15) is 42.1 Å². The first-order valence-electron chi connectivity index (χ1n) is 10.2. The van der Waals surface area contributed by atoms with E-state index in [2.05, 4.69) is 0 Å². The van der Waals surface area contributed by atoms with Crippen molar-refractivity contribution in [2.24, 2.45) is 0 Å². The summed E-state index contributed by atoms with van der Waals surface area (Å²) in [5, 5.41) is 0. The number of carbonyl (C=O) groups excluding carboxylic acids is 2. The van der Waals surface area contributed by atoms with E-state index in [0.717, 1.165) is 29.7 Å². The van der Waals surface area contributed by atoms with E-state index >= 15 is 0 Å². The fraction of sp³-hybridized carbons (Fsp3) is 0.435. The van der Waals surface area contributed by atoms with Crippen molar-refractivity contribution >= 4 is 17.7 Å². The summed E-state index contributed by atoms with van der Waals surface area (Å²) in [5.74, 6) is 0.107. The van der Waals surface area contributed by atoms with Gasteiger partial charge >= 0.3 is 5.97 Å². The zero-order valence-corrected chi connectivity index (χ0v) is 17.6. The van der Waals surface area contributed by atoms with Gasteiger partial charge in [-0.15, -0.1) is 0 Å². The molecule has 0 aliphatic carbocycles. The van der Waals surface area contributed by atoms with E-state index in [4.69, 9.17) is 9.72 Å². The predicted octanol–water partition coefficient (Wildman–Crippen LogP) is 3.68. The predicted molar refractivity (Wildman–Crippen MR) is 114 cm³/mol. The van der Waals surface area contributed by atoms with Gasteiger partial charge in [-0.2, -0.15) is 0 Å². The van der Waals surface area contributed by atoms with Crippen LogP contribution in [-0.2, 0) is 9.53 Å². The molecule has 0 bridgehead atoms. The van der Waals surface area contributed by atoms with Gasteiger partial charge in [-0.25, -0.2) is 9.78 Å². The number of amides is 1. The second kappa shape index (κ2) is 9.07. The largest absolute Gasteiger partial charge is 0.464 e. The summed E-state index contributed by atoms with van der Waals surface area (Å²) < 4.78 is 5.21. The third-order valence-corrected chi connectivity index (χ3v) is 5.27. The van der Waals surface area contributed by atoms with E-state index in [1.165, 1.54) is 0 Å². The number of aryl methyl sites for hydroxylation is 1. The van der Waals surface area contributed by atoms with E-state index in [-0.39, 0.29) is 11.9 Å². The number of pyridine rings is 1. The molecule has 2 heterocycles. The van der Waals surface area contributed by atoms with Gasteiger partial charge in [0, 0.05) is 26.2 Å². The molecule has 0 saturated carbocycles. The molecule has 29 heavy (non-hydrogen) atoms. The lowest BCUT2D eigenvalue weighted by molar-refractivity contribution is -0.149. The van der Waals surface area contributed by atoms with Crippen LogP contribution in [0.4, 0.5) is 5.82 Å². The normalized spacial score (nSPS) is 16.4. The second-order valence-electron chi connectivity index (χ2n) is 7.54. The number of piperidine rings is 1. The lowest BCUT2D eigenvalue weighted by Crippen LogP contribution is -2.49. The number of hydrogen-bond donors (Lipinski definition) is 0. The summed E-state index contributed by atoms with van der Waals surface area (Å²) in [6, 6.07) is 11.2. The van der Waals surface area contributed by atoms with Crippen molar-refractivity contribution < 1.29 is 14.3 Å². The Hall–Kier alpha value is -2.89. The fourth-order valence-corrected chi connectivity index (χ4v) is 3.78. The number of benzene rings is 1. The molecule has 1 aliphatic rings. The Kier molecular flexibility index (Phi) is 6.52. The molecule has 0 unspecified atom stereocenters. The summed E-state index contributed by atoms with van der Waals surface area (Å²) in [4.78, 5) is 34.1. The van der Waals surface area contributed by atoms with Crippen molar-refractivity contribution in [2.45, 2.75) is 39.2 Å². The number of nitrogens with zero attached hydrogens (tertiary/aromatic N) is 3. The minimum absolute atomic E-state index is 0.171. The fourth-order valence-electron chi connectivity index (χ4n) is 3.78. The molecule has 1 aliphatic heterocycles. The zero-order valence-electron chi connectivity index (χ0n) is 17.6. The van der Waals surface area contributed by atoms with Crippen molar-refractivity contribution in [3.8, 4) is 11.3 Å². The molecule has 1 atom stereocenters. The number of hydrogen-bond acceptors (Lipinski definition) is 5. The lowest BCUT2D eigenvalue weighted by Gasteiger charge is -2.34. The van der Waals surface area contributed by atoms with Gasteiger partial charge in [0.15, 0.2) is 0 Å². The summed E-state index contributed by atoms with van der Waals surface area (Å²) in [7, 11) is 3.75. The molecule has 2 aromatic rings. The van der Waals surface area contributed by atoms with Gasteiger partial charge in [0.1, 0.15) is 11.9 Å². The molecule has 154 valence electrons. The van der Waals surface area contributed by atoms with E-state index in [1.807, 2.05) is 62.3 Å². The second-order valence-corrected chi connectivity index (χ2v) is 7.54. The van der Waals surface area contributed by atoms with Crippen LogP contribution in [0.2, 0.25) is 0 Å². The van der Waals surface area contributed by atoms with Crippen LogP contribution in [0, 0.1) is 6.92 Å². The lowest BCUT2D eigenvalue weighted by atomic mass is 10.00. The highest BCUT2D eigenvalue weighted by atomic mass is 16.5. The third-order valence-electron chi connectivity index (χ3n) is 5.27. The molecule has 1 amide bonds. The first kappa shape index (κ1) is 20.8. The number of carbonyl (C=O) groups is 2. The van der Waals surface area contributed by atoms with Gasteiger partial charge in [0.05, 0.1) is 17.9 Å². The van der Waals surface area contributed by atoms with E-state index in [9.17, 15) is 9.59 Å². The molecule has 1 saturated heterocycles. The third kappa shape index (κ3) is 4.42. The maximum atomic E-state index is 13.4. The molecule has 6 heteroatoms. The van der Waals surface area contributed by atoms with Crippen LogP contribution in [0.5, 0.6) is 0 Å². The monoisotopic (exact) mass is 395 g/mol. The van der Waals surface area contributed by atoms with Gasteiger partial charge in [-0.3, -0.25) is 4.79 Å². The molecular weight excluding hydrogens is 366 g/mol. The number of rotatable bonds is 5. The molecule has 1 aromatic heterocycles. The van der Waals surface area contributed by atoms with Gasteiger partial charge in [0.25, 0.3) is 5.91 Å². The quantitative estimate of drug-likeness (QED) is 0.723. The van der Waals surface area contributed by atoms with Crippen molar-refractivity contribution in [3.05, 3.63) is 47.5 Å². The summed E-state index contributed by atoms with van der Waals surface area (Å²) in [6.45, 7) is 4.69. The Morgan fingerprint density at radius 3 is 2.62 bits per heavy atom. The van der Waals surface area contributed by atoms with Gasteiger partial charge < -0.3 is 14.5 Å². The van der Waals surface area contributed by atoms with Crippen LogP contribution in [0.25, 0.3) is 11.3 Å². The van der Waals surface area contributed by atoms with Gasteiger partial charge in [0.2, 0.25) is 0 Å². The highest BCUT2D eigenvalue weighted by molar-refractivity contribution is 6.01. The number of esters is 1. The van der Waals surface area contributed by atoms with Crippen molar-refractivity contribution in [2.75, 3.05) is 32.1 Å². The van der Waals surface area contributed by atoms with Crippen LogP contribution >= 0.6 is 0 Å². The highest BCUT2D eigenvalue weighted by Gasteiger charge is 2.35. The average Bonchev–Trinajstić information content (AvgIpc) is 2.73. The minimum atomic E-state index is -0.526. The van der Waals surface area contributed by atoms with Crippen LogP contribution in [0.15, 0.2) is 36.4 Å². The van der Waals surface area contributed by atoms with Crippen molar-refractivity contribution in [1.82, 2.24) is 9.88 Å². The highest BCUT2D eigenvalue weighted by Crippen LogP contribution is 2.28. The van der Waals surface area contributed by atoms with Gasteiger partial charge in [-0.05, 0) is 50.8 Å². The van der Waals surface area contributed by atoms with Crippen molar-refractivity contribution in [3.63, 3.8) is 0 Å². The first-order chi connectivity index (χ1) is 13.9. The zero-order chi connectivity index (χ0) is 21.0. The molecular formula is C23H29N3O3. The molecule has 1 aromatic carbocycles. The molecule has 6 nitrogen and oxygen atoms in total. The molecule has 0 N–H and O–H groups in total. The average molecular weight is 396 g/mol. The van der Waals surface area contributed by atoms with Crippen LogP contribution in [0.3, 0.4) is 0 Å². The summed E-state index contributed by atoms with van der Waals surface area (Å²) >= 11 is 0. The Morgan fingerprint density at radius 1 is 1.17 bits per heavy atom. The Labute approximate surface area is 172 Å². The number of anilines is 1. The maximum absolute atomic E-state index is 13.4. The SMILES string of the molecule is CCOC(=O)[C@H]1CCCCN1C(=O)c1ccc(-c2ccccc2C)nc1N(C)C. The van der Waals surface area contributed by atoms with Gasteiger partial charge in [-0.1, -0.05) is 24.3 Å². The van der Waals surface area contributed by atoms with Crippen molar-refractivity contribution in [1.29, 1.82) is 0 Å². The Balaban J connectivity index is 1.97. The molecule has 0 spiro atoms. The van der Waals surface area contributed by atoms with Crippen LogP contribution in [-0.4, -0.2) is 55.0 Å². The van der Waals surface area contributed by atoms with E-state index in [0.29, 0.717) is 31.0 Å². The number of ether oxygens (including phenoxy) is 1. The molecule has 1 fully saturated rings. The van der Waals surface area contributed by atoms with Crippen LogP contribution < -0.4 is 4.90 Å². The minimum Gasteiger partial charge on any atom is -0.464 e. The standard InChI is InChI=1S/C23H29N3O3/c1-5-29-23(28)20-12-8-9-15-26(20)22(27)18-13-14-19(24-21(18)25(3)4)17-11-7-6-10-16(17)2/h6-7,10-11,13-14,20H,5,8-9,12,15H2,1-4H3/t20-/m1/s1. The number of aromatic nitrogens is 1. The summed E-state index contributed by atoms with van der Waals surface area (Å²) in [5.41, 5.74) is 3.49. The summed E-state index contributed by atoms with van der Waals surface area (Å²) in [6.07, 6.45) is 2.43. The van der Waals surface area contributed by atoms with E-state index < -0.39 is 6.04 Å². The smallest absolute Gasteiger partial charge is 0.328 e. The Bertz CT molecular complexity index is 895. The Morgan fingerprint density at radius 2 is 1.93 bits per heavy atom. The topological polar surface area (TPSA) is 62.7 Å². The molecule has 0 radical (unpaired) electrons. The number of likely N-dealkylation sites (tertiary alicyclic amines) is 1. The van der Waals surface area contributed by atoms with E-state index in [1.54, 1.807) is 11.8 Å². The molecule has 3 rings (SSSR count). The maximum Gasteiger partial charge on any atom is 0.328 e.